The predicted octanol–water partition coefficient (Wildman–Crippen LogP) is 4.06. The van der Waals surface area contributed by atoms with Gasteiger partial charge in [0.25, 0.3) is 5.91 Å². The average molecular weight is 445 g/mol. The molecule has 1 saturated heterocycles. The molecular weight excluding hydrogens is 424 g/mol. The zero-order valence-corrected chi connectivity index (χ0v) is 18.4. The van der Waals surface area contributed by atoms with Gasteiger partial charge in [-0.3, -0.25) is 14.5 Å². The van der Waals surface area contributed by atoms with Crippen LogP contribution in [0.4, 0.5) is 5.69 Å². The van der Waals surface area contributed by atoms with Gasteiger partial charge in [0.05, 0.1) is 24.9 Å². The monoisotopic (exact) mass is 444 g/mol. The van der Waals surface area contributed by atoms with Crippen LogP contribution in [0.2, 0.25) is 5.02 Å². The second kappa shape index (κ2) is 9.28. The maximum atomic E-state index is 13.3. The number of anilines is 1. The van der Waals surface area contributed by atoms with Crippen molar-refractivity contribution >= 4 is 52.6 Å². The Morgan fingerprint density at radius 1 is 1.17 bits per heavy atom. The van der Waals surface area contributed by atoms with Gasteiger partial charge in [0.1, 0.15) is 18.0 Å². The molecule has 6 nitrogen and oxygen atoms in total. The maximum absolute atomic E-state index is 13.3. The van der Waals surface area contributed by atoms with Gasteiger partial charge in [0, 0.05) is 0 Å². The minimum absolute atomic E-state index is 0.180. The molecule has 0 saturated carbocycles. The van der Waals surface area contributed by atoms with Crippen LogP contribution >= 0.6 is 23.8 Å². The maximum Gasteiger partial charge on any atom is 0.325 e. The number of rotatable bonds is 6. The summed E-state index contributed by atoms with van der Waals surface area (Å²) in [6.07, 6.45) is 2.53. The van der Waals surface area contributed by atoms with Gasteiger partial charge in [-0.1, -0.05) is 36.7 Å². The van der Waals surface area contributed by atoms with E-state index >= 15 is 0 Å². The lowest BCUT2D eigenvalue weighted by atomic mass is 10.1. The topological polar surface area (TPSA) is 59.1 Å². The number of carbonyl (C=O) groups is 2. The van der Waals surface area contributed by atoms with Crippen LogP contribution in [0.5, 0.6) is 5.75 Å². The first-order valence-corrected chi connectivity index (χ1v) is 10.0. The first-order valence-electron chi connectivity index (χ1n) is 9.26. The highest BCUT2D eigenvalue weighted by Crippen LogP contribution is 2.31. The molecule has 156 valence electrons. The van der Waals surface area contributed by atoms with Gasteiger partial charge in [0.2, 0.25) is 0 Å². The summed E-state index contributed by atoms with van der Waals surface area (Å²) in [5.74, 6) is -0.316. The first-order chi connectivity index (χ1) is 14.4. The van der Waals surface area contributed by atoms with Crippen molar-refractivity contribution in [1.82, 2.24) is 4.90 Å². The zero-order valence-electron chi connectivity index (χ0n) is 16.8. The molecule has 2 aromatic rings. The molecule has 0 radical (unpaired) electrons. The second-order valence-corrected chi connectivity index (χ2v) is 7.30. The lowest BCUT2D eigenvalue weighted by Crippen LogP contribution is -2.35. The highest BCUT2D eigenvalue weighted by atomic mass is 35.5. The van der Waals surface area contributed by atoms with E-state index in [2.05, 4.69) is 6.92 Å². The molecule has 1 amide bonds. The standard InChI is InChI=1S/C22H21ClN2O4S/c1-4-14-5-8-16(9-6-14)25-21(27)18(24(22(25)30)13-20(26)29-3)12-15-7-10-19(28-2)17(23)11-15/h5-12H,4,13H2,1-3H3/b18-12-. The molecule has 8 heteroatoms. The third-order valence-electron chi connectivity index (χ3n) is 4.73. The van der Waals surface area contributed by atoms with Gasteiger partial charge >= 0.3 is 5.97 Å². The number of hydrogen-bond acceptors (Lipinski definition) is 5. The van der Waals surface area contributed by atoms with Crippen molar-refractivity contribution in [2.24, 2.45) is 0 Å². The van der Waals surface area contributed by atoms with Crippen LogP contribution in [0.15, 0.2) is 48.2 Å². The van der Waals surface area contributed by atoms with Crippen molar-refractivity contribution < 1.29 is 19.1 Å². The number of ether oxygens (including phenoxy) is 2. The van der Waals surface area contributed by atoms with Crippen molar-refractivity contribution in [1.29, 1.82) is 0 Å². The van der Waals surface area contributed by atoms with E-state index in [4.69, 9.17) is 33.3 Å². The lowest BCUT2D eigenvalue weighted by molar-refractivity contribution is -0.140. The van der Waals surface area contributed by atoms with Crippen LogP contribution in [-0.4, -0.2) is 42.7 Å². The number of carbonyl (C=O) groups excluding carboxylic acids is 2. The molecule has 2 aromatic carbocycles. The minimum atomic E-state index is -0.507. The molecule has 1 fully saturated rings. The molecule has 1 heterocycles. The number of benzene rings is 2. The molecule has 0 spiro atoms. The molecular formula is C22H21ClN2O4S. The Morgan fingerprint density at radius 3 is 2.43 bits per heavy atom. The normalized spacial score (nSPS) is 15.1. The number of thiocarbonyl (C=S) groups is 1. The van der Waals surface area contributed by atoms with Crippen LogP contribution in [0.3, 0.4) is 0 Å². The Hall–Kier alpha value is -2.90. The molecule has 3 rings (SSSR count). The van der Waals surface area contributed by atoms with E-state index in [1.807, 2.05) is 24.3 Å². The fourth-order valence-electron chi connectivity index (χ4n) is 3.07. The molecule has 0 atom stereocenters. The molecule has 0 bridgehead atoms. The summed E-state index contributed by atoms with van der Waals surface area (Å²) in [6.45, 7) is 1.87. The fourth-order valence-corrected chi connectivity index (χ4v) is 3.68. The van der Waals surface area contributed by atoms with Crippen molar-refractivity contribution in [2.45, 2.75) is 13.3 Å². The van der Waals surface area contributed by atoms with Gasteiger partial charge in [-0.15, -0.1) is 0 Å². The number of methoxy groups -OCH3 is 2. The van der Waals surface area contributed by atoms with Crippen LogP contribution in [0.1, 0.15) is 18.1 Å². The number of esters is 1. The van der Waals surface area contributed by atoms with Crippen LogP contribution in [-0.2, 0) is 20.7 Å². The Morgan fingerprint density at radius 2 is 1.87 bits per heavy atom. The SMILES string of the molecule is CCc1ccc(N2C(=O)/C(=C/c3ccc(OC)c(Cl)c3)N(CC(=O)OC)C2=S)cc1. The fraction of sp³-hybridized carbons (Fsp3) is 0.227. The summed E-state index contributed by atoms with van der Waals surface area (Å²) in [4.78, 5) is 28.1. The summed E-state index contributed by atoms with van der Waals surface area (Å²) in [5, 5.41) is 0.618. The number of aryl methyl sites for hydroxylation is 1. The lowest BCUT2D eigenvalue weighted by Gasteiger charge is -2.19. The highest BCUT2D eigenvalue weighted by Gasteiger charge is 2.40. The first kappa shape index (κ1) is 21.8. The summed E-state index contributed by atoms with van der Waals surface area (Å²) in [5.41, 5.74) is 2.70. The summed E-state index contributed by atoms with van der Waals surface area (Å²) in [6, 6.07) is 12.7. The molecule has 1 aliphatic rings. The average Bonchev–Trinajstić information content (AvgIpc) is 2.97. The third kappa shape index (κ3) is 4.32. The van der Waals surface area contributed by atoms with E-state index in [0.717, 1.165) is 12.0 Å². The molecule has 1 aliphatic heterocycles. The summed E-state index contributed by atoms with van der Waals surface area (Å²) in [7, 11) is 2.81. The number of halogens is 1. The van der Waals surface area contributed by atoms with Crippen molar-refractivity contribution in [3.8, 4) is 5.75 Å². The van der Waals surface area contributed by atoms with Crippen molar-refractivity contribution in [3.63, 3.8) is 0 Å². The quantitative estimate of drug-likeness (QED) is 0.380. The van der Waals surface area contributed by atoms with E-state index in [9.17, 15) is 9.59 Å². The van der Waals surface area contributed by atoms with Gasteiger partial charge in [-0.05, 0) is 60.1 Å². The van der Waals surface area contributed by atoms with Crippen molar-refractivity contribution in [2.75, 3.05) is 25.7 Å². The van der Waals surface area contributed by atoms with Crippen LogP contribution in [0, 0.1) is 0 Å². The Bertz CT molecular complexity index is 1020. The second-order valence-electron chi connectivity index (χ2n) is 6.53. The molecule has 0 N–H and O–H groups in total. The number of amides is 1. The third-order valence-corrected chi connectivity index (χ3v) is 5.43. The predicted molar refractivity (Wildman–Crippen MR) is 121 cm³/mol. The van der Waals surface area contributed by atoms with Gasteiger partial charge < -0.3 is 14.4 Å². The van der Waals surface area contributed by atoms with E-state index in [0.29, 0.717) is 22.0 Å². The van der Waals surface area contributed by atoms with E-state index in [1.54, 1.807) is 24.3 Å². The Labute approximate surface area is 185 Å². The minimum Gasteiger partial charge on any atom is -0.495 e. The Balaban J connectivity index is 2.03. The highest BCUT2D eigenvalue weighted by molar-refractivity contribution is 7.80. The van der Waals surface area contributed by atoms with Crippen molar-refractivity contribution in [3.05, 3.63) is 64.3 Å². The number of nitrogens with zero attached hydrogens (tertiary/aromatic N) is 2. The molecule has 0 aliphatic carbocycles. The number of hydrogen-bond donors (Lipinski definition) is 0. The van der Waals surface area contributed by atoms with Gasteiger partial charge in [0.15, 0.2) is 5.11 Å². The molecule has 0 aromatic heterocycles. The molecule has 0 unspecified atom stereocenters. The van der Waals surface area contributed by atoms with Gasteiger partial charge in [-0.25, -0.2) is 0 Å². The van der Waals surface area contributed by atoms with E-state index in [-0.39, 0.29) is 23.3 Å². The smallest absolute Gasteiger partial charge is 0.325 e. The van der Waals surface area contributed by atoms with E-state index in [1.165, 1.54) is 24.0 Å². The van der Waals surface area contributed by atoms with Crippen LogP contribution < -0.4 is 9.64 Å². The summed E-state index contributed by atoms with van der Waals surface area (Å²) >= 11 is 11.8. The molecule has 30 heavy (non-hydrogen) atoms. The Kier molecular flexibility index (Phi) is 6.74. The van der Waals surface area contributed by atoms with Crippen LogP contribution in [0.25, 0.3) is 6.08 Å². The van der Waals surface area contributed by atoms with E-state index < -0.39 is 5.97 Å². The summed E-state index contributed by atoms with van der Waals surface area (Å²) < 4.78 is 9.95. The largest absolute Gasteiger partial charge is 0.495 e. The van der Waals surface area contributed by atoms with Gasteiger partial charge in [-0.2, -0.15) is 0 Å². The zero-order chi connectivity index (χ0) is 21.8.